The number of Topliss-reactive ketones (excluding diaryl/α,β-unsaturated/α-hetero) is 1. The molecule has 1 spiro atoms. The maximum absolute atomic E-state index is 12.9. The van der Waals surface area contributed by atoms with Crippen LogP contribution in [0.5, 0.6) is 11.5 Å². The number of carbonyl (C=O) groups excluding carboxylic acids is 1. The number of aliphatic hydroxyl groups is 1. The van der Waals surface area contributed by atoms with E-state index in [0.29, 0.717) is 24.3 Å². The van der Waals surface area contributed by atoms with E-state index in [0.717, 1.165) is 41.9 Å². The Balaban J connectivity index is 1.59. The van der Waals surface area contributed by atoms with Gasteiger partial charge in [-0.05, 0) is 30.9 Å². The Labute approximate surface area is 159 Å². The molecule has 0 radical (unpaired) electrons. The van der Waals surface area contributed by atoms with Crippen molar-refractivity contribution in [3.05, 3.63) is 23.3 Å². The van der Waals surface area contributed by atoms with Gasteiger partial charge in [0.1, 0.15) is 11.6 Å². The third-order valence-electron chi connectivity index (χ3n) is 8.48. The molecule has 5 heteroatoms. The van der Waals surface area contributed by atoms with Crippen LogP contribution in [0, 0.1) is 5.92 Å². The molecule has 3 aliphatic carbocycles. The highest BCUT2D eigenvalue weighted by atomic mass is 16.5. The molecule has 2 bridgehead atoms. The summed E-state index contributed by atoms with van der Waals surface area (Å²) in [6.07, 6.45) is 4.74. The van der Waals surface area contributed by atoms with Crippen LogP contribution >= 0.6 is 0 Å². The number of piperidine rings is 1. The van der Waals surface area contributed by atoms with Crippen LogP contribution < -0.4 is 9.47 Å². The molecule has 0 amide bonds. The van der Waals surface area contributed by atoms with E-state index in [4.69, 9.17) is 9.47 Å². The molecule has 1 saturated heterocycles. The van der Waals surface area contributed by atoms with Gasteiger partial charge in [-0.25, -0.2) is 0 Å². The van der Waals surface area contributed by atoms with Crippen LogP contribution in [-0.4, -0.2) is 60.4 Å². The number of hydrogen-bond acceptors (Lipinski definition) is 4. The summed E-state index contributed by atoms with van der Waals surface area (Å²) in [6.45, 7) is 2.16. The minimum Gasteiger partial charge on any atom is -0.493 e. The summed E-state index contributed by atoms with van der Waals surface area (Å²) in [6, 6.07) is 4.25. The Morgan fingerprint density at radius 2 is 2.15 bits per heavy atom. The highest BCUT2D eigenvalue weighted by Crippen LogP contribution is 2.66. The number of rotatable bonds is 3. The van der Waals surface area contributed by atoms with Gasteiger partial charge < -0.3 is 19.1 Å². The largest absolute Gasteiger partial charge is 0.493 e. The van der Waals surface area contributed by atoms with Crippen molar-refractivity contribution < 1.29 is 23.9 Å². The lowest BCUT2D eigenvalue weighted by Gasteiger charge is -2.64. The third-order valence-corrected chi connectivity index (χ3v) is 8.48. The normalized spacial score (nSPS) is 43.9. The standard InChI is InChI=1S/C22H28NO4/c1-23(12-13-3-4-13)10-9-21-18-14-5-6-16(26-2)19(18)27-20(21)15(24)7-8-22(21,25)17(23)11-14/h5-6,13,17,20,25H,3-4,7-12H2,1-2H3/q+1/t17?,20?,21-,22+,23?/m0/s1. The first-order valence-electron chi connectivity index (χ1n) is 10.4. The van der Waals surface area contributed by atoms with Gasteiger partial charge >= 0.3 is 0 Å². The van der Waals surface area contributed by atoms with E-state index < -0.39 is 17.1 Å². The Bertz CT molecular complexity index is 864. The number of benzene rings is 1. The van der Waals surface area contributed by atoms with E-state index in [2.05, 4.69) is 13.1 Å². The SMILES string of the molecule is COc1ccc2c3c1OC1C(=O)CC[C@@]4(O)C(C2)[N+](C)(CC2CC2)CC[C@]314. The van der Waals surface area contributed by atoms with Crippen LogP contribution in [0.15, 0.2) is 12.1 Å². The van der Waals surface area contributed by atoms with Gasteiger partial charge in [-0.3, -0.25) is 4.79 Å². The van der Waals surface area contributed by atoms with Gasteiger partial charge in [0.05, 0.1) is 32.7 Å². The van der Waals surface area contributed by atoms with Gasteiger partial charge in [0, 0.05) is 30.7 Å². The fourth-order valence-electron chi connectivity index (χ4n) is 7.09. The molecule has 5 atom stereocenters. The zero-order valence-electron chi connectivity index (χ0n) is 16.2. The number of carbonyl (C=O) groups is 1. The van der Waals surface area contributed by atoms with Gasteiger partial charge in [0.15, 0.2) is 23.4 Å². The van der Waals surface area contributed by atoms with E-state index in [1.165, 1.54) is 18.4 Å². The molecule has 5 nitrogen and oxygen atoms in total. The van der Waals surface area contributed by atoms with Crippen molar-refractivity contribution in [1.29, 1.82) is 0 Å². The van der Waals surface area contributed by atoms with Crippen molar-refractivity contribution >= 4 is 5.78 Å². The first-order valence-corrected chi connectivity index (χ1v) is 10.4. The Hall–Kier alpha value is -1.59. The van der Waals surface area contributed by atoms with E-state index in [-0.39, 0.29) is 11.8 Å². The van der Waals surface area contributed by atoms with E-state index in [1.54, 1.807) is 7.11 Å². The summed E-state index contributed by atoms with van der Waals surface area (Å²) >= 11 is 0. The summed E-state index contributed by atoms with van der Waals surface area (Å²) in [4.78, 5) is 12.9. The molecule has 6 rings (SSSR count). The lowest BCUT2D eigenvalue weighted by molar-refractivity contribution is -0.950. The topological polar surface area (TPSA) is 55.8 Å². The van der Waals surface area contributed by atoms with E-state index in [1.807, 2.05) is 6.07 Å². The minimum atomic E-state index is -0.877. The zero-order chi connectivity index (χ0) is 18.6. The van der Waals surface area contributed by atoms with E-state index >= 15 is 0 Å². The van der Waals surface area contributed by atoms with Crippen LogP contribution in [0.25, 0.3) is 0 Å². The number of nitrogens with zero attached hydrogens (tertiary/aromatic N) is 1. The van der Waals surface area contributed by atoms with Crippen molar-refractivity contribution in [1.82, 2.24) is 0 Å². The van der Waals surface area contributed by atoms with Crippen LogP contribution in [0.4, 0.5) is 0 Å². The van der Waals surface area contributed by atoms with Gasteiger partial charge in [0.25, 0.3) is 0 Å². The quantitative estimate of drug-likeness (QED) is 0.827. The highest BCUT2D eigenvalue weighted by molar-refractivity contribution is 5.90. The number of hydrogen-bond donors (Lipinski definition) is 1. The van der Waals surface area contributed by atoms with Crippen molar-refractivity contribution in [3.8, 4) is 11.5 Å². The average Bonchev–Trinajstić information content (AvgIpc) is 3.37. The fourth-order valence-corrected chi connectivity index (χ4v) is 7.09. The Morgan fingerprint density at radius 3 is 2.89 bits per heavy atom. The highest BCUT2D eigenvalue weighted by Gasteiger charge is 2.76. The maximum Gasteiger partial charge on any atom is 0.174 e. The molecule has 27 heavy (non-hydrogen) atoms. The molecule has 5 aliphatic rings. The zero-order valence-corrected chi connectivity index (χ0v) is 16.2. The van der Waals surface area contributed by atoms with Gasteiger partial charge in [-0.1, -0.05) is 6.07 Å². The van der Waals surface area contributed by atoms with Crippen molar-refractivity contribution in [2.24, 2.45) is 5.92 Å². The van der Waals surface area contributed by atoms with Gasteiger partial charge in [-0.15, -0.1) is 0 Å². The second-order valence-corrected chi connectivity index (χ2v) is 9.79. The third kappa shape index (κ3) is 1.76. The molecule has 3 fully saturated rings. The number of ether oxygens (including phenoxy) is 2. The molecular formula is C22H28NO4+. The monoisotopic (exact) mass is 370 g/mol. The molecule has 1 aromatic rings. The van der Waals surface area contributed by atoms with Crippen LogP contribution in [0.3, 0.4) is 0 Å². The molecule has 2 aliphatic heterocycles. The van der Waals surface area contributed by atoms with Gasteiger partial charge in [-0.2, -0.15) is 0 Å². The van der Waals surface area contributed by atoms with Crippen LogP contribution in [-0.2, 0) is 16.6 Å². The van der Waals surface area contributed by atoms with Crippen molar-refractivity contribution in [2.45, 2.75) is 61.7 Å². The molecule has 0 aromatic heterocycles. The van der Waals surface area contributed by atoms with Crippen LogP contribution in [0.1, 0.15) is 43.2 Å². The summed E-state index contributed by atoms with van der Waals surface area (Å²) in [7, 11) is 3.98. The number of likely N-dealkylation sites (tertiary alicyclic amines) is 1. The molecule has 1 aromatic carbocycles. The molecule has 2 saturated carbocycles. The first kappa shape index (κ1) is 16.4. The van der Waals surface area contributed by atoms with E-state index in [9.17, 15) is 9.90 Å². The Kier molecular flexibility index (Phi) is 2.95. The molecule has 1 N–H and O–H groups in total. The van der Waals surface area contributed by atoms with Crippen molar-refractivity contribution in [2.75, 3.05) is 27.2 Å². The number of methoxy groups -OCH3 is 1. The minimum absolute atomic E-state index is 0.137. The number of quaternary nitrogens is 1. The molecule has 3 unspecified atom stereocenters. The summed E-state index contributed by atoms with van der Waals surface area (Å²) < 4.78 is 12.8. The average molecular weight is 370 g/mol. The van der Waals surface area contributed by atoms with Gasteiger partial charge in [0.2, 0.25) is 0 Å². The molecule has 2 heterocycles. The summed E-state index contributed by atoms with van der Waals surface area (Å²) in [5.41, 5.74) is 0.859. The lowest BCUT2D eigenvalue weighted by Crippen LogP contribution is -2.80. The lowest BCUT2D eigenvalue weighted by atomic mass is 9.48. The summed E-state index contributed by atoms with van der Waals surface area (Å²) in [5, 5.41) is 12.3. The smallest absolute Gasteiger partial charge is 0.174 e. The van der Waals surface area contributed by atoms with Crippen LogP contribution in [0.2, 0.25) is 0 Å². The second-order valence-electron chi connectivity index (χ2n) is 9.79. The molecular weight excluding hydrogens is 342 g/mol. The first-order chi connectivity index (χ1) is 12.9. The number of ketones is 1. The number of likely N-dealkylation sites (N-methyl/N-ethyl adjacent to an activating group) is 1. The van der Waals surface area contributed by atoms with Crippen molar-refractivity contribution in [3.63, 3.8) is 0 Å². The predicted octanol–water partition coefficient (Wildman–Crippen LogP) is 1.97. The summed E-state index contributed by atoms with van der Waals surface area (Å²) in [5.74, 6) is 2.35. The second kappa shape index (κ2) is 4.87. The predicted molar refractivity (Wildman–Crippen MR) is 99.0 cm³/mol. The maximum atomic E-state index is 12.9. The molecule has 144 valence electrons. The Morgan fingerprint density at radius 1 is 1.33 bits per heavy atom. The fraction of sp³-hybridized carbons (Fsp3) is 0.682.